The molecule has 0 fully saturated rings. The van der Waals surface area contributed by atoms with Crippen LogP contribution in [0.1, 0.15) is 0 Å². The van der Waals surface area contributed by atoms with Gasteiger partial charge in [0.1, 0.15) is 5.57 Å². The summed E-state index contributed by atoms with van der Waals surface area (Å²) in [6.07, 6.45) is 2.73. The average Bonchev–Trinajstić information content (AvgIpc) is 2.22. The molecule has 0 aromatic rings. The van der Waals surface area contributed by atoms with Crippen LogP contribution in [-0.4, -0.2) is 45.2 Å². The Balaban J connectivity index is 5.11. The Morgan fingerprint density at radius 2 is 1.56 bits per heavy atom. The lowest BCUT2D eigenvalue weighted by Crippen LogP contribution is -2.16. The van der Waals surface area contributed by atoms with Crippen molar-refractivity contribution < 1.29 is 19.1 Å². The number of allylic oxidation sites excluding steroid dienone is 2. The van der Waals surface area contributed by atoms with Gasteiger partial charge in [0.25, 0.3) is 0 Å². The summed E-state index contributed by atoms with van der Waals surface area (Å²) < 4.78 is 8.87. The SMILES string of the molecule is COC(=O)C(=CC(Cl)=CN(C)C)C(=O)OC. The Morgan fingerprint density at radius 1 is 1.12 bits per heavy atom. The van der Waals surface area contributed by atoms with Crippen molar-refractivity contribution >= 4 is 23.5 Å². The predicted octanol–water partition coefficient (Wildman–Crippen LogP) is 0.901. The lowest BCUT2D eigenvalue weighted by Gasteiger charge is -2.06. The summed E-state index contributed by atoms with van der Waals surface area (Å²) in [4.78, 5) is 24.2. The summed E-state index contributed by atoms with van der Waals surface area (Å²) in [5, 5.41) is 0.218. The molecule has 0 aliphatic rings. The molecule has 0 aromatic carbocycles. The van der Waals surface area contributed by atoms with E-state index in [1.165, 1.54) is 26.5 Å². The van der Waals surface area contributed by atoms with Gasteiger partial charge in [-0.05, 0) is 6.08 Å². The molecule has 0 bridgehead atoms. The van der Waals surface area contributed by atoms with Gasteiger partial charge in [0, 0.05) is 20.3 Å². The molecule has 90 valence electrons. The molecule has 16 heavy (non-hydrogen) atoms. The molecule has 0 radical (unpaired) electrons. The van der Waals surface area contributed by atoms with Crippen LogP contribution in [0.4, 0.5) is 0 Å². The maximum absolute atomic E-state index is 11.2. The van der Waals surface area contributed by atoms with Crippen molar-refractivity contribution in [1.82, 2.24) is 4.90 Å². The number of ether oxygens (including phenoxy) is 2. The fraction of sp³-hybridized carbons (Fsp3) is 0.400. The summed E-state index contributed by atoms with van der Waals surface area (Å²) in [6.45, 7) is 0. The Kier molecular flexibility index (Phi) is 6.25. The molecule has 5 nitrogen and oxygen atoms in total. The monoisotopic (exact) mass is 247 g/mol. The molecular weight excluding hydrogens is 234 g/mol. The number of methoxy groups -OCH3 is 2. The van der Waals surface area contributed by atoms with Gasteiger partial charge in [-0.25, -0.2) is 9.59 Å². The molecule has 0 N–H and O–H groups in total. The second-order valence-corrected chi connectivity index (χ2v) is 3.46. The fourth-order valence-electron chi connectivity index (χ4n) is 0.843. The standard InChI is InChI=1S/C10H14ClNO4/c1-12(2)6-7(11)5-8(9(13)15-3)10(14)16-4/h5-6H,1-4H3. The molecule has 0 heterocycles. The summed E-state index contributed by atoms with van der Waals surface area (Å²) in [5.74, 6) is -1.59. The van der Waals surface area contributed by atoms with Crippen LogP contribution in [-0.2, 0) is 19.1 Å². The Morgan fingerprint density at radius 3 is 1.88 bits per heavy atom. The third kappa shape index (κ3) is 4.84. The zero-order valence-electron chi connectivity index (χ0n) is 9.61. The zero-order chi connectivity index (χ0) is 12.7. The first-order valence-corrected chi connectivity index (χ1v) is 4.72. The Hall–Kier alpha value is -1.49. The molecule has 0 atom stereocenters. The van der Waals surface area contributed by atoms with Crippen LogP contribution in [0.15, 0.2) is 22.9 Å². The quantitative estimate of drug-likeness (QED) is 0.243. The van der Waals surface area contributed by atoms with E-state index >= 15 is 0 Å². The largest absolute Gasteiger partial charge is 0.465 e. The van der Waals surface area contributed by atoms with Crippen LogP contribution in [0.25, 0.3) is 0 Å². The van der Waals surface area contributed by atoms with E-state index in [-0.39, 0.29) is 10.6 Å². The smallest absolute Gasteiger partial charge is 0.345 e. The van der Waals surface area contributed by atoms with Crippen molar-refractivity contribution in [2.24, 2.45) is 0 Å². The van der Waals surface area contributed by atoms with E-state index in [2.05, 4.69) is 9.47 Å². The molecule has 0 aromatic heterocycles. The third-order valence-corrected chi connectivity index (χ3v) is 1.68. The number of hydrogen-bond acceptors (Lipinski definition) is 5. The van der Waals surface area contributed by atoms with E-state index in [0.717, 1.165) is 0 Å². The lowest BCUT2D eigenvalue weighted by atomic mass is 10.2. The van der Waals surface area contributed by atoms with Crippen molar-refractivity contribution in [3.05, 3.63) is 22.9 Å². The maximum atomic E-state index is 11.2. The van der Waals surface area contributed by atoms with Gasteiger partial charge < -0.3 is 14.4 Å². The molecule has 0 saturated heterocycles. The van der Waals surface area contributed by atoms with E-state index < -0.39 is 11.9 Å². The predicted molar refractivity (Wildman–Crippen MR) is 59.7 cm³/mol. The lowest BCUT2D eigenvalue weighted by molar-refractivity contribution is -0.144. The van der Waals surface area contributed by atoms with Gasteiger partial charge in [-0.1, -0.05) is 11.6 Å². The maximum Gasteiger partial charge on any atom is 0.345 e. The van der Waals surface area contributed by atoms with Gasteiger partial charge in [0.15, 0.2) is 0 Å². The minimum atomic E-state index is -0.794. The summed E-state index contributed by atoms with van der Waals surface area (Å²) in [6, 6.07) is 0. The summed E-state index contributed by atoms with van der Waals surface area (Å²) in [5.41, 5.74) is -0.256. The normalized spacial score (nSPS) is 10.4. The van der Waals surface area contributed by atoms with Crippen LogP contribution >= 0.6 is 11.6 Å². The van der Waals surface area contributed by atoms with Gasteiger partial charge in [0.05, 0.1) is 19.3 Å². The summed E-state index contributed by atoms with van der Waals surface area (Å²) >= 11 is 5.80. The number of carbonyl (C=O) groups excluding carboxylic acids is 2. The first-order chi connectivity index (χ1) is 7.42. The average molecular weight is 248 g/mol. The van der Waals surface area contributed by atoms with Gasteiger partial charge in [0.2, 0.25) is 0 Å². The molecule has 0 amide bonds. The Bertz CT molecular complexity index is 316. The third-order valence-electron chi connectivity index (χ3n) is 1.47. The number of carbonyl (C=O) groups is 2. The number of hydrogen-bond donors (Lipinski definition) is 0. The Labute approximate surface area is 99.3 Å². The number of esters is 2. The molecule has 0 rings (SSSR count). The number of nitrogens with zero attached hydrogens (tertiary/aromatic N) is 1. The highest BCUT2D eigenvalue weighted by Gasteiger charge is 2.19. The van der Waals surface area contributed by atoms with E-state index in [4.69, 9.17) is 11.6 Å². The first kappa shape index (κ1) is 14.5. The van der Waals surface area contributed by atoms with Crippen LogP contribution in [0, 0.1) is 0 Å². The van der Waals surface area contributed by atoms with Gasteiger partial charge in [-0.3, -0.25) is 0 Å². The second-order valence-electron chi connectivity index (χ2n) is 3.02. The van der Waals surface area contributed by atoms with Crippen molar-refractivity contribution in [3.63, 3.8) is 0 Å². The second kappa shape index (κ2) is 6.90. The highest BCUT2D eigenvalue weighted by Crippen LogP contribution is 2.10. The van der Waals surface area contributed by atoms with Crippen LogP contribution in [0.2, 0.25) is 0 Å². The highest BCUT2D eigenvalue weighted by atomic mass is 35.5. The van der Waals surface area contributed by atoms with Crippen LogP contribution < -0.4 is 0 Å². The van der Waals surface area contributed by atoms with Gasteiger partial charge >= 0.3 is 11.9 Å². The minimum absolute atomic E-state index is 0.218. The van der Waals surface area contributed by atoms with E-state index in [0.29, 0.717) is 0 Å². The first-order valence-electron chi connectivity index (χ1n) is 4.34. The molecule has 0 unspecified atom stereocenters. The fourth-order valence-corrected chi connectivity index (χ4v) is 1.15. The van der Waals surface area contributed by atoms with E-state index in [1.54, 1.807) is 19.0 Å². The highest BCUT2D eigenvalue weighted by molar-refractivity contribution is 6.32. The van der Waals surface area contributed by atoms with Crippen molar-refractivity contribution in [1.29, 1.82) is 0 Å². The topological polar surface area (TPSA) is 55.8 Å². The van der Waals surface area contributed by atoms with Gasteiger partial charge in [-0.2, -0.15) is 0 Å². The molecule has 6 heteroatoms. The molecule has 0 aliphatic carbocycles. The zero-order valence-corrected chi connectivity index (χ0v) is 10.4. The van der Waals surface area contributed by atoms with Crippen LogP contribution in [0.3, 0.4) is 0 Å². The van der Waals surface area contributed by atoms with Crippen molar-refractivity contribution in [2.75, 3.05) is 28.3 Å². The molecule has 0 saturated carbocycles. The van der Waals surface area contributed by atoms with E-state index in [9.17, 15) is 9.59 Å². The van der Waals surface area contributed by atoms with Gasteiger partial charge in [-0.15, -0.1) is 0 Å². The molecule has 0 aliphatic heterocycles. The van der Waals surface area contributed by atoms with E-state index in [1.807, 2.05) is 0 Å². The van der Waals surface area contributed by atoms with Crippen LogP contribution in [0.5, 0.6) is 0 Å². The number of rotatable bonds is 4. The molecule has 0 spiro atoms. The van der Waals surface area contributed by atoms with Crippen molar-refractivity contribution in [2.45, 2.75) is 0 Å². The van der Waals surface area contributed by atoms with Crippen molar-refractivity contribution in [3.8, 4) is 0 Å². The minimum Gasteiger partial charge on any atom is -0.465 e. The molecular formula is C10H14ClNO4. The summed E-state index contributed by atoms with van der Waals surface area (Å²) in [7, 11) is 5.85. The number of halogens is 1.